The second kappa shape index (κ2) is 9.65. The fourth-order valence-electron chi connectivity index (χ4n) is 3.92. The lowest BCUT2D eigenvalue weighted by molar-refractivity contribution is 0.0216. The van der Waals surface area contributed by atoms with Crippen LogP contribution < -0.4 is 9.47 Å². The fraction of sp³-hybridized carbons (Fsp3) is 0.682. The van der Waals surface area contributed by atoms with E-state index in [2.05, 4.69) is 0 Å². The maximum atomic E-state index is 13.1. The predicted octanol–water partition coefficient (Wildman–Crippen LogP) is 3.27. The van der Waals surface area contributed by atoms with Gasteiger partial charge in [0.05, 0.1) is 12.4 Å². The Hall–Kier alpha value is -2.00. The normalized spacial score (nSPS) is 19.8. The van der Waals surface area contributed by atoms with Gasteiger partial charge in [-0.2, -0.15) is 0 Å². The number of piperidine rings is 2. The summed E-state index contributed by atoms with van der Waals surface area (Å²) in [5.74, 6) is 1.53. The van der Waals surface area contributed by atoms with E-state index >= 15 is 0 Å². The van der Waals surface area contributed by atoms with E-state index in [0.29, 0.717) is 51.9 Å². The van der Waals surface area contributed by atoms with Crippen molar-refractivity contribution in [2.45, 2.75) is 63.4 Å². The zero-order valence-electron chi connectivity index (χ0n) is 18.9. The van der Waals surface area contributed by atoms with Gasteiger partial charge in [0.15, 0.2) is 0 Å². The van der Waals surface area contributed by atoms with Crippen LogP contribution in [0.2, 0.25) is 0 Å². The number of carbonyl (C=O) groups is 1. The average Bonchev–Trinajstić information content (AvgIpc) is 2.73. The molecule has 2 heterocycles. The van der Waals surface area contributed by atoms with Crippen LogP contribution in [0, 0.1) is 0 Å². The lowest BCUT2D eigenvalue weighted by Gasteiger charge is -2.37. The van der Waals surface area contributed by atoms with Crippen LogP contribution in [0.1, 0.15) is 46.5 Å². The number of amides is 1. The second-order valence-electron chi connectivity index (χ2n) is 9.10. The Morgan fingerprint density at radius 2 is 1.48 bits per heavy atom. The number of carbonyl (C=O) groups excluding carboxylic acids is 1. The molecule has 0 aliphatic carbocycles. The molecule has 174 valence electrons. The number of rotatable bonds is 5. The number of methoxy groups -OCH3 is 1. The van der Waals surface area contributed by atoms with E-state index in [-0.39, 0.29) is 12.2 Å². The van der Waals surface area contributed by atoms with Gasteiger partial charge >= 0.3 is 6.09 Å². The minimum absolute atomic E-state index is 0.00568. The first kappa shape index (κ1) is 23.7. The summed E-state index contributed by atoms with van der Waals surface area (Å²) in [5, 5.41) is -0.453. The Morgan fingerprint density at radius 3 is 2.00 bits per heavy atom. The molecule has 2 aliphatic rings. The third-order valence-corrected chi connectivity index (χ3v) is 8.04. The highest BCUT2D eigenvalue weighted by atomic mass is 32.2. The largest absolute Gasteiger partial charge is 0.497 e. The molecule has 1 aromatic rings. The number of likely N-dealkylation sites (tertiary alicyclic amines) is 1. The molecule has 2 fully saturated rings. The molecule has 0 unspecified atom stereocenters. The molecular formula is C22H34N2O6S. The minimum Gasteiger partial charge on any atom is -0.497 e. The quantitative estimate of drug-likeness (QED) is 0.679. The maximum Gasteiger partial charge on any atom is 0.410 e. The van der Waals surface area contributed by atoms with E-state index in [0.717, 1.165) is 11.5 Å². The summed E-state index contributed by atoms with van der Waals surface area (Å²) >= 11 is 0. The zero-order valence-corrected chi connectivity index (χ0v) is 19.7. The molecule has 0 aromatic heterocycles. The van der Waals surface area contributed by atoms with Crippen molar-refractivity contribution in [2.24, 2.45) is 0 Å². The number of benzene rings is 1. The molecule has 9 heteroatoms. The highest BCUT2D eigenvalue weighted by Crippen LogP contribution is 2.27. The topological polar surface area (TPSA) is 85.4 Å². The molecule has 0 N–H and O–H groups in total. The van der Waals surface area contributed by atoms with Gasteiger partial charge in [0, 0.05) is 26.2 Å². The zero-order chi connectivity index (χ0) is 22.6. The number of ether oxygens (including phenoxy) is 3. The van der Waals surface area contributed by atoms with E-state index in [1.165, 1.54) is 0 Å². The Labute approximate surface area is 185 Å². The SMILES string of the molecule is COc1ccc(OC2CCN(S(=O)(=O)C3CCN(C(=O)OC(C)(C)C)CC3)CC2)cc1. The van der Waals surface area contributed by atoms with Crippen molar-refractivity contribution < 1.29 is 27.4 Å². The van der Waals surface area contributed by atoms with Crippen molar-refractivity contribution >= 4 is 16.1 Å². The van der Waals surface area contributed by atoms with Gasteiger partial charge in [-0.1, -0.05) is 0 Å². The van der Waals surface area contributed by atoms with Gasteiger partial charge in [0.1, 0.15) is 23.2 Å². The van der Waals surface area contributed by atoms with Crippen molar-refractivity contribution in [3.05, 3.63) is 24.3 Å². The van der Waals surface area contributed by atoms with Crippen molar-refractivity contribution in [1.29, 1.82) is 0 Å². The van der Waals surface area contributed by atoms with Gasteiger partial charge < -0.3 is 19.1 Å². The van der Waals surface area contributed by atoms with Crippen molar-refractivity contribution in [3.63, 3.8) is 0 Å². The van der Waals surface area contributed by atoms with Gasteiger partial charge in [-0.25, -0.2) is 17.5 Å². The molecule has 2 aliphatic heterocycles. The fourth-order valence-corrected chi connectivity index (χ4v) is 5.87. The van der Waals surface area contributed by atoms with E-state index < -0.39 is 20.9 Å². The van der Waals surface area contributed by atoms with Crippen LogP contribution in [0.15, 0.2) is 24.3 Å². The number of hydrogen-bond acceptors (Lipinski definition) is 6. The molecule has 3 rings (SSSR count). The number of sulfonamides is 1. The Morgan fingerprint density at radius 1 is 0.935 bits per heavy atom. The second-order valence-corrected chi connectivity index (χ2v) is 11.3. The van der Waals surface area contributed by atoms with E-state index in [4.69, 9.17) is 14.2 Å². The Bertz CT molecular complexity index is 834. The van der Waals surface area contributed by atoms with E-state index in [9.17, 15) is 13.2 Å². The number of hydrogen-bond donors (Lipinski definition) is 0. The first-order valence-corrected chi connectivity index (χ1v) is 12.4. The molecule has 8 nitrogen and oxygen atoms in total. The Balaban J connectivity index is 1.48. The third-order valence-electron chi connectivity index (χ3n) is 5.64. The van der Waals surface area contributed by atoms with Gasteiger partial charge in [0.25, 0.3) is 0 Å². The van der Waals surface area contributed by atoms with Crippen LogP contribution in [0.25, 0.3) is 0 Å². The lowest BCUT2D eigenvalue weighted by Crippen LogP contribution is -2.50. The summed E-state index contributed by atoms with van der Waals surface area (Å²) in [5.41, 5.74) is -0.557. The standard InChI is InChI=1S/C22H34N2O6S/c1-22(2,3)30-21(25)23-13-11-20(12-14-23)31(26,27)24-15-9-19(10-16-24)29-18-7-5-17(28-4)6-8-18/h5-8,19-20H,9-16H2,1-4H3. The summed E-state index contributed by atoms with van der Waals surface area (Å²) in [7, 11) is -1.77. The molecule has 0 bridgehead atoms. The molecule has 0 atom stereocenters. The average molecular weight is 455 g/mol. The van der Waals surface area contributed by atoms with Crippen molar-refractivity contribution in [1.82, 2.24) is 9.21 Å². The minimum atomic E-state index is -3.39. The van der Waals surface area contributed by atoms with Crippen LogP contribution in [-0.2, 0) is 14.8 Å². The van der Waals surface area contributed by atoms with E-state index in [1.54, 1.807) is 16.3 Å². The molecule has 31 heavy (non-hydrogen) atoms. The molecule has 0 spiro atoms. The van der Waals surface area contributed by atoms with Crippen LogP contribution in [0.5, 0.6) is 11.5 Å². The predicted molar refractivity (Wildman–Crippen MR) is 118 cm³/mol. The van der Waals surface area contributed by atoms with Crippen LogP contribution >= 0.6 is 0 Å². The van der Waals surface area contributed by atoms with Crippen LogP contribution in [0.3, 0.4) is 0 Å². The highest BCUT2D eigenvalue weighted by Gasteiger charge is 2.38. The smallest absolute Gasteiger partial charge is 0.410 e. The van der Waals surface area contributed by atoms with E-state index in [1.807, 2.05) is 45.0 Å². The Kier molecular flexibility index (Phi) is 7.36. The first-order chi connectivity index (χ1) is 14.6. The summed E-state index contributed by atoms with van der Waals surface area (Å²) < 4.78 is 44.4. The summed E-state index contributed by atoms with van der Waals surface area (Å²) in [6, 6.07) is 7.41. The first-order valence-electron chi connectivity index (χ1n) is 10.9. The van der Waals surface area contributed by atoms with Crippen LogP contribution in [0.4, 0.5) is 4.79 Å². The lowest BCUT2D eigenvalue weighted by atomic mass is 10.1. The summed E-state index contributed by atoms with van der Waals surface area (Å²) in [4.78, 5) is 13.8. The van der Waals surface area contributed by atoms with Gasteiger partial charge in [-0.15, -0.1) is 0 Å². The summed E-state index contributed by atoms with van der Waals surface area (Å²) in [6.45, 7) is 7.18. The van der Waals surface area contributed by atoms with Crippen molar-refractivity contribution in [3.8, 4) is 11.5 Å². The monoisotopic (exact) mass is 454 g/mol. The molecular weight excluding hydrogens is 420 g/mol. The van der Waals surface area contributed by atoms with Crippen molar-refractivity contribution in [2.75, 3.05) is 33.3 Å². The molecule has 1 amide bonds. The maximum absolute atomic E-state index is 13.1. The van der Waals surface area contributed by atoms with Gasteiger partial charge in [-0.3, -0.25) is 0 Å². The molecule has 0 saturated carbocycles. The highest BCUT2D eigenvalue weighted by molar-refractivity contribution is 7.89. The summed E-state index contributed by atoms with van der Waals surface area (Å²) in [6.07, 6.45) is 1.80. The number of nitrogens with zero attached hydrogens (tertiary/aromatic N) is 2. The molecule has 2 saturated heterocycles. The van der Waals surface area contributed by atoms with Crippen LogP contribution in [-0.4, -0.2) is 74.0 Å². The van der Waals surface area contributed by atoms with Gasteiger partial charge in [0.2, 0.25) is 10.0 Å². The molecule has 1 aromatic carbocycles. The third kappa shape index (κ3) is 6.26. The van der Waals surface area contributed by atoms with Gasteiger partial charge in [-0.05, 0) is 70.7 Å². The molecule has 0 radical (unpaired) electrons.